The fourth-order valence-electron chi connectivity index (χ4n) is 4.63. The lowest BCUT2D eigenvalue weighted by Crippen LogP contribution is -2.55. The smallest absolute Gasteiger partial charge is 0.343 e. The minimum Gasteiger partial charge on any atom is -0.462 e. The normalized spacial score (nSPS) is 18.2. The first-order chi connectivity index (χ1) is 17.5. The van der Waals surface area contributed by atoms with E-state index in [1.165, 1.54) is 17.5 Å². The second-order valence-corrected chi connectivity index (χ2v) is 9.98. The Morgan fingerprint density at radius 2 is 2.14 bits per heavy atom. The van der Waals surface area contributed by atoms with Gasteiger partial charge in [-0.2, -0.15) is 0 Å². The van der Waals surface area contributed by atoms with Crippen molar-refractivity contribution < 1.29 is 19.1 Å². The van der Waals surface area contributed by atoms with E-state index in [0.717, 1.165) is 25.9 Å². The van der Waals surface area contributed by atoms with Gasteiger partial charge >= 0.3 is 5.97 Å². The molecule has 3 aromatic rings. The Morgan fingerprint density at radius 3 is 2.83 bits per heavy atom. The van der Waals surface area contributed by atoms with E-state index >= 15 is 0 Å². The molecule has 5 rings (SSSR count). The molecule has 0 spiro atoms. The minimum absolute atomic E-state index is 0.0247. The average molecular weight is 512 g/mol. The summed E-state index contributed by atoms with van der Waals surface area (Å²) in [6, 6.07) is 1.83. The third kappa shape index (κ3) is 4.72. The highest BCUT2D eigenvalue weighted by Gasteiger charge is 2.34. The highest BCUT2D eigenvalue weighted by molar-refractivity contribution is 7.12. The van der Waals surface area contributed by atoms with Crippen LogP contribution in [0.3, 0.4) is 0 Å². The van der Waals surface area contributed by atoms with Gasteiger partial charge in [-0.1, -0.05) is 0 Å². The molecule has 0 radical (unpaired) electrons. The van der Waals surface area contributed by atoms with E-state index in [4.69, 9.17) is 14.5 Å². The number of thiazole rings is 1. The number of carbonyl (C=O) groups excluding carboxylic acids is 2. The van der Waals surface area contributed by atoms with E-state index in [0.29, 0.717) is 47.2 Å². The zero-order valence-electron chi connectivity index (χ0n) is 20.4. The second kappa shape index (κ2) is 10.4. The topological polar surface area (TPSA) is 116 Å². The first-order valence-electron chi connectivity index (χ1n) is 12.2. The number of rotatable bonds is 7. The van der Waals surface area contributed by atoms with E-state index in [1.54, 1.807) is 17.7 Å². The molecule has 0 bridgehead atoms. The number of amides is 1. The van der Waals surface area contributed by atoms with Gasteiger partial charge in [-0.3, -0.25) is 14.2 Å². The summed E-state index contributed by atoms with van der Waals surface area (Å²) in [7, 11) is 0. The zero-order valence-corrected chi connectivity index (χ0v) is 21.2. The minimum atomic E-state index is -0.673. The molecule has 3 aromatic heterocycles. The summed E-state index contributed by atoms with van der Waals surface area (Å²) in [4.78, 5) is 49.5. The number of carbonyl (C=O) groups is 2. The molecule has 2 saturated heterocycles. The number of nitrogens with zero attached hydrogens (tertiary/aromatic N) is 4. The molecule has 5 heterocycles. The predicted molar refractivity (Wildman–Crippen MR) is 136 cm³/mol. The molecule has 10 nitrogen and oxygen atoms in total. The first kappa shape index (κ1) is 24.4. The third-order valence-corrected chi connectivity index (χ3v) is 7.39. The van der Waals surface area contributed by atoms with Crippen molar-refractivity contribution in [3.63, 3.8) is 0 Å². The number of aromatic nitrogens is 3. The van der Waals surface area contributed by atoms with Gasteiger partial charge in [-0.15, -0.1) is 11.3 Å². The molecule has 36 heavy (non-hydrogen) atoms. The maximum Gasteiger partial charge on any atom is 0.343 e. The number of esters is 1. The van der Waals surface area contributed by atoms with Crippen LogP contribution in [-0.4, -0.2) is 65.4 Å². The molecule has 0 aliphatic carbocycles. The van der Waals surface area contributed by atoms with Crippen molar-refractivity contribution in [1.82, 2.24) is 19.9 Å². The molecule has 2 aliphatic heterocycles. The standard InChI is InChI=1S/C25H29N5O5S/c1-3-34-24(33)18-14-30(25-26-7-9-36-25)22-20(21(18)31)15(2)10-19(28-22)29-12-16(13-29)23(32)27-11-17-6-4-5-8-35-17/h7,9-10,14,16-17H,3-6,8,11-13H2,1-2H3,(H,27,32). The lowest BCUT2D eigenvalue weighted by Gasteiger charge is -2.39. The lowest BCUT2D eigenvalue weighted by molar-refractivity contribution is -0.126. The summed E-state index contributed by atoms with van der Waals surface area (Å²) in [5.41, 5.74) is 0.637. The quantitative estimate of drug-likeness (QED) is 0.481. The molecule has 190 valence electrons. The number of anilines is 1. The number of pyridine rings is 2. The van der Waals surface area contributed by atoms with Gasteiger partial charge in [0.15, 0.2) is 10.8 Å². The maximum atomic E-state index is 13.2. The fourth-order valence-corrected chi connectivity index (χ4v) is 5.25. The van der Waals surface area contributed by atoms with Crippen molar-refractivity contribution in [2.45, 2.75) is 39.2 Å². The van der Waals surface area contributed by atoms with Crippen LogP contribution in [0.4, 0.5) is 5.82 Å². The number of aryl methyl sites for hydroxylation is 1. The lowest BCUT2D eigenvalue weighted by atomic mass is 9.98. The van der Waals surface area contributed by atoms with E-state index in [1.807, 2.05) is 23.3 Å². The number of fused-ring (bicyclic) bond motifs is 1. The van der Waals surface area contributed by atoms with Crippen LogP contribution in [0, 0.1) is 12.8 Å². The number of ether oxygens (including phenoxy) is 2. The number of hydrogen-bond acceptors (Lipinski definition) is 9. The van der Waals surface area contributed by atoms with Crippen molar-refractivity contribution in [3.05, 3.63) is 45.2 Å². The Kier molecular flexibility index (Phi) is 7.01. The van der Waals surface area contributed by atoms with E-state index in [-0.39, 0.29) is 30.1 Å². The number of nitrogens with one attached hydrogen (secondary N) is 1. The molecule has 1 amide bonds. The fraction of sp³-hybridized carbons (Fsp3) is 0.480. The Bertz CT molecular complexity index is 1330. The van der Waals surface area contributed by atoms with Crippen LogP contribution in [0.15, 0.2) is 28.6 Å². The second-order valence-electron chi connectivity index (χ2n) is 9.11. The number of hydrogen-bond donors (Lipinski definition) is 1. The highest BCUT2D eigenvalue weighted by atomic mass is 32.1. The van der Waals surface area contributed by atoms with Crippen molar-refractivity contribution in [3.8, 4) is 5.13 Å². The average Bonchev–Trinajstić information content (AvgIpc) is 3.37. The van der Waals surface area contributed by atoms with Crippen LogP contribution in [0.1, 0.15) is 42.1 Å². The van der Waals surface area contributed by atoms with Gasteiger partial charge in [0.05, 0.1) is 24.0 Å². The van der Waals surface area contributed by atoms with Crippen LogP contribution in [0.25, 0.3) is 16.2 Å². The predicted octanol–water partition coefficient (Wildman–Crippen LogP) is 2.45. The van der Waals surface area contributed by atoms with Gasteiger partial charge in [0.25, 0.3) is 0 Å². The van der Waals surface area contributed by atoms with E-state index in [9.17, 15) is 14.4 Å². The Labute approximate surface area is 212 Å². The van der Waals surface area contributed by atoms with Gasteiger partial charge < -0.3 is 19.7 Å². The molecular formula is C25H29N5O5S. The van der Waals surface area contributed by atoms with E-state index < -0.39 is 11.4 Å². The highest BCUT2D eigenvalue weighted by Crippen LogP contribution is 2.28. The zero-order chi connectivity index (χ0) is 25.2. The summed E-state index contributed by atoms with van der Waals surface area (Å²) >= 11 is 1.37. The Hall–Kier alpha value is -3.31. The van der Waals surface area contributed by atoms with Crippen molar-refractivity contribution in [1.29, 1.82) is 0 Å². The molecule has 1 N–H and O–H groups in total. The molecule has 0 aromatic carbocycles. The summed E-state index contributed by atoms with van der Waals surface area (Å²) < 4.78 is 12.5. The third-order valence-electron chi connectivity index (χ3n) is 6.62. The monoisotopic (exact) mass is 511 g/mol. The van der Waals surface area contributed by atoms with Gasteiger partial charge in [0, 0.05) is 44.0 Å². The van der Waals surface area contributed by atoms with Crippen molar-refractivity contribution >= 4 is 40.1 Å². The molecular weight excluding hydrogens is 482 g/mol. The van der Waals surface area contributed by atoms with Crippen LogP contribution < -0.4 is 15.6 Å². The summed E-state index contributed by atoms with van der Waals surface area (Å²) in [6.45, 7) is 6.08. The van der Waals surface area contributed by atoms with Crippen molar-refractivity contribution in [2.75, 3.05) is 37.7 Å². The molecule has 2 fully saturated rings. The molecule has 0 saturated carbocycles. The molecule has 2 aliphatic rings. The van der Waals surface area contributed by atoms with Crippen LogP contribution in [0.2, 0.25) is 0 Å². The first-order valence-corrected chi connectivity index (χ1v) is 13.1. The summed E-state index contributed by atoms with van der Waals surface area (Å²) in [6.07, 6.45) is 6.42. The van der Waals surface area contributed by atoms with Crippen LogP contribution >= 0.6 is 11.3 Å². The van der Waals surface area contributed by atoms with Gasteiger partial charge in [0.1, 0.15) is 11.4 Å². The maximum absolute atomic E-state index is 13.2. The Balaban J connectivity index is 1.39. The van der Waals surface area contributed by atoms with Gasteiger partial charge in [0.2, 0.25) is 11.3 Å². The van der Waals surface area contributed by atoms with Gasteiger partial charge in [-0.05, 0) is 44.7 Å². The van der Waals surface area contributed by atoms with Crippen LogP contribution in [0.5, 0.6) is 0 Å². The van der Waals surface area contributed by atoms with Crippen LogP contribution in [-0.2, 0) is 14.3 Å². The molecule has 11 heteroatoms. The van der Waals surface area contributed by atoms with Gasteiger partial charge in [-0.25, -0.2) is 14.8 Å². The Morgan fingerprint density at radius 1 is 1.31 bits per heavy atom. The SMILES string of the molecule is CCOC(=O)c1cn(-c2nccs2)c2nc(N3CC(C(=O)NCC4CCCCO4)C3)cc(C)c2c1=O. The van der Waals surface area contributed by atoms with E-state index in [2.05, 4.69) is 10.3 Å². The largest absolute Gasteiger partial charge is 0.462 e. The summed E-state index contributed by atoms with van der Waals surface area (Å²) in [5, 5.41) is 5.77. The molecule has 1 atom stereocenters. The summed E-state index contributed by atoms with van der Waals surface area (Å²) in [5.74, 6) is -0.0999. The molecule has 1 unspecified atom stereocenters. The van der Waals surface area contributed by atoms with Crippen molar-refractivity contribution in [2.24, 2.45) is 5.92 Å².